The van der Waals surface area contributed by atoms with Gasteiger partial charge in [0.05, 0.1) is 6.04 Å². The van der Waals surface area contributed by atoms with Crippen LogP contribution in [0.25, 0.3) is 0 Å². The molecule has 0 unspecified atom stereocenters. The van der Waals surface area contributed by atoms with Gasteiger partial charge in [0.25, 0.3) is 5.91 Å². The van der Waals surface area contributed by atoms with E-state index < -0.39 is 35.7 Å². The molecule has 0 bridgehead atoms. The van der Waals surface area contributed by atoms with Gasteiger partial charge in [-0.3, -0.25) is 4.79 Å². The molecule has 1 aliphatic rings. The number of aliphatic hydroxyl groups is 1. The number of halogens is 2. The zero-order chi connectivity index (χ0) is 19.3. The van der Waals surface area contributed by atoms with Crippen LogP contribution >= 0.6 is 0 Å². The van der Waals surface area contributed by atoms with Gasteiger partial charge in [0.15, 0.2) is 0 Å². The van der Waals surface area contributed by atoms with E-state index in [0.717, 1.165) is 39.2 Å². The molecule has 0 spiro atoms. The van der Waals surface area contributed by atoms with Crippen LogP contribution in [0.5, 0.6) is 0 Å². The van der Waals surface area contributed by atoms with Crippen LogP contribution < -0.4 is 10.6 Å². The molecule has 1 rings (SSSR count). The topological polar surface area (TPSA) is 87.7 Å². The van der Waals surface area contributed by atoms with Gasteiger partial charge in [-0.1, -0.05) is 32.1 Å². The standard InChI is InChI=1S/C17H30F2N2O4/c1-16(2,3)25-15(24)21-12(10-11-8-6-5-7-9-11)13(22)17(18,19)14(23)20-4/h11-13,22H,5-10H2,1-4H3,(H,20,23)(H,21,24)/t12-,13-/m0/s1. The van der Waals surface area contributed by atoms with Gasteiger partial charge in [-0.25, -0.2) is 4.79 Å². The average Bonchev–Trinajstić information content (AvgIpc) is 2.51. The summed E-state index contributed by atoms with van der Waals surface area (Å²) in [6.07, 6.45) is 1.74. The molecule has 0 aromatic rings. The van der Waals surface area contributed by atoms with E-state index >= 15 is 0 Å². The first-order valence-corrected chi connectivity index (χ1v) is 8.75. The number of hydrogen-bond acceptors (Lipinski definition) is 4. The number of carbonyl (C=O) groups excluding carboxylic acids is 2. The Hall–Kier alpha value is -1.44. The van der Waals surface area contributed by atoms with Crippen molar-refractivity contribution in [2.24, 2.45) is 5.92 Å². The molecule has 3 N–H and O–H groups in total. The minimum atomic E-state index is -4.01. The van der Waals surface area contributed by atoms with Crippen LogP contribution in [0.2, 0.25) is 0 Å². The molecule has 2 atom stereocenters. The van der Waals surface area contributed by atoms with Crippen LogP contribution in [0.1, 0.15) is 59.3 Å². The number of rotatable bonds is 6. The third-order valence-corrected chi connectivity index (χ3v) is 4.30. The Morgan fingerprint density at radius 3 is 2.24 bits per heavy atom. The van der Waals surface area contributed by atoms with Crippen molar-refractivity contribution < 1.29 is 28.2 Å². The van der Waals surface area contributed by atoms with Gasteiger partial charge < -0.3 is 20.5 Å². The van der Waals surface area contributed by atoms with E-state index in [0.29, 0.717) is 0 Å². The summed E-state index contributed by atoms with van der Waals surface area (Å²) in [5.41, 5.74) is -0.798. The lowest BCUT2D eigenvalue weighted by atomic mass is 9.83. The lowest BCUT2D eigenvalue weighted by Crippen LogP contribution is -2.58. The highest BCUT2D eigenvalue weighted by Gasteiger charge is 2.50. The quantitative estimate of drug-likeness (QED) is 0.676. The highest BCUT2D eigenvalue weighted by molar-refractivity contribution is 5.84. The summed E-state index contributed by atoms with van der Waals surface area (Å²) < 4.78 is 33.4. The molecule has 25 heavy (non-hydrogen) atoms. The normalized spacial score (nSPS) is 19.0. The summed E-state index contributed by atoms with van der Waals surface area (Å²) in [6, 6.07) is -1.27. The van der Waals surface area contributed by atoms with E-state index in [9.17, 15) is 23.5 Å². The number of hydrogen-bond donors (Lipinski definition) is 3. The van der Waals surface area contributed by atoms with Gasteiger partial charge in [0.2, 0.25) is 0 Å². The van der Waals surface area contributed by atoms with E-state index in [2.05, 4.69) is 5.32 Å². The maximum atomic E-state index is 14.1. The molecule has 0 aromatic heterocycles. The molecule has 0 heterocycles. The maximum Gasteiger partial charge on any atom is 0.407 e. The average molecular weight is 364 g/mol. The monoisotopic (exact) mass is 364 g/mol. The van der Waals surface area contributed by atoms with Gasteiger partial charge in [-0.15, -0.1) is 0 Å². The van der Waals surface area contributed by atoms with Crippen LogP contribution in [0.4, 0.5) is 13.6 Å². The van der Waals surface area contributed by atoms with Crippen molar-refractivity contribution in [2.45, 2.75) is 83.0 Å². The molecule has 0 radical (unpaired) electrons. The van der Waals surface area contributed by atoms with E-state index in [1.807, 2.05) is 5.32 Å². The Morgan fingerprint density at radius 1 is 1.20 bits per heavy atom. The van der Waals surface area contributed by atoms with Crippen molar-refractivity contribution in [2.75, 3.05) is 7.05 Å². The largest absolute Gasteiger partial charge is 0.444 e. The zero-order valence-corrected chi connectivity index (χ0v) is 15.4. The lowest BCUT2D eigenvalue weighted by molar-refractivity contribution is -0.167. The summed E-state index contributed by atoms with van der Waals surface area (Å²) in [5, 5.41) is 14.3. The Bertz CT molecular complexity index is 460. The van der Waals surface area contributed by atoms with Crippen molar-refractivity contribution in [1.29, 1.82) is 0 Å². The van der Waals surface area contributed by atoms with Crippen LogP contribution in [-0.4, -0.2) is 47.8 Å². The highest BCUT2D eigenvalue weighted by atomic mass is 19.3. The van der Waals surface area contributed by atoms with E-state index in [-0.39, 0.29) is 12.3 Å². The molecule has 0 aromatic carbocycles. The van der Waals surface area contributed by atoms with E-state index in [4.69, 9.17) is 4.74 Å². The minimum Gasteiger partial charge on any atom is -0.444 e. The summed E-state index contributed by atoms with van der Waals surface area (Å²) in [6.45, 7) is 4.95. The van der Waals surface area contributed by atoms with Crippen molar-refractivity contribution in [3.05, 3.63) is 0 Å². The molecule has 1 saturated carbocycles. The predicted molar refractivity (Wildman–Crippen MR) is 89.4 cm³/mol. The maximum absolute atomic E-state index is 14.1. The molecule has 1 fully saturated rings. The van der Waals surface area contributed by atoms with Crippen LogP contribution in [-0.2, 0) is 9.53 Å². The second-order valence-corrected chi connectivity index (χ2v) is 7.64. The second kappa shape index (κ2) is 8.78. The van der Waals surface area contributed by atoms with Crippen molar-refractivity contribution in [3.8, 4) is 0 Å². The number of nitrogens with one attached hydrogen (secondary N) is 2. The SMILES string of the molecule is CNC(=O)C(F)(F)[C@@H](O)[C@H](CC1CCCCC1)NC(=O)OC(C)(C)C. The number of alkyl carbamates (subject to hydrolysis) is 1. The van der Waals surface area contributed by atoms with Crippen LogP contribution in [0.15, 0.2) is 0 Å². The van der Waals surface area contributed by atoms with Gasteiger partial charge in [-0.2, -0.15) is 8.78 Å². The summed E-state index contributed by atoms with van der Waals surface area (Å²) in [7, 11) is 1.07. The molecule has 0 aliphatic heterocycles. The fraction of sp³-hybridized carbons (Fsp3) is 0.882. The summed E-state index contributed by atoms with van der Waals surface area (Å²) in [5.74, 6) is -5.48. The third kappa shape index (κ3) is 6.76. The number of ether oxygens (including phenoxy) is 1. The minimum absolute atomic E-state index is 0.115. The number of alkyl halides is 2. The highest BCUT2D eigenvalue weighted by Crippen LogP contribution is 2.31. The second-order valence-electron chi connectivity index (χ2n) is 7.64. The molecular weight excluding hydrogens is 334 g/mol. The van der Waals surface area contributed by atoms with E-state index in [1.54, 1.807) is 20.8 Å². The first kappa shape index (κ1) is 21.6. The molecule has 146 valence electrons. The molecule has 6 nitrogen and oxygen atoms in total. The smallest absolute Gasteiger partial charge is 0.407 e. The Labute approximate surface area is 147 Å². The summed E-state index contributed by atoms with van der Waals surface area (Å²) in [4.78, 5) is 23.4. The molecule has 1 aliphatic carbocycles. The Morgan fingerprint density at radius 2 is 1.76 bits per heavy atom. The number of amides is 2. The van der Waals surface area contributed by atoms with Crippen molar-refractivity contribution in [3.63, 3.8) is 0 Å². The summed E-state index contributed by atoms with van der Waals surface area (Å²) >= 11 is 0. The fourth-order valence-electron chi connectivity index (χ4n) is 3.06. The Balaban J connectivity index is 2.89. The number of aliphatic hydroxyl groups excluding tert-OH is 1. The Kier molecular flexibility index (Phi) is 7.59. The first-order valence-electron chi connectivity index (χ1n) is 8.75. The molecule has 0 saturated heterocycles. The van der Waals surface area contributed by atoms with Gasteiger partial charge in [0.1, 0.15) is 11.7 Å². The van der Waals surface area contributed by atoms with Crippen LogP contribution in [0.3, 0.4) is 0 Å². The lowest BCUT2D eigenvalue weighted by Gasteiger charge is -2.33. The number of carbonyl (C=O) groups is 2. The molecular formula is C17H30F2N2O4. The molecule has 2 amide bonds. The van der Waals surface area contributed by atoms with Gasteiger partial charge in [0, 0.05) is 7.05 Å². The fourth-order valence-corrected chi connectivity index (χ4v) is 3.06. The first-order chi connectivity index (χ1) is 11.5. The van der Waals surface area contributed by atoms with E-state index in [1.165, 1.54) is 0 Å². The van der Waals surface area contributed by atoms with Gasteiger partial charge in [-0.05, 0) is 33.1 Å². The third-order valence-electron chi connectivity index (χ3n) is 4.30. The zero-order valence-electron chi connectivity index (χ0n) is 15.4. The molecule has 8 heteroatoms. The predicted octanol–water partition coefficient (Wildman–Crippen LogP) is 2.59. The van der Waals surface area contributed by atoms with Gasteiger partial charge >= 0.3 is 12.0 Å². The van der Waals surface area contributed by atoms with Crippen molar-refractivity contribution >= 4 is 12.0 Å². The van der Waals surface area contributed by atoms with Crippen molar-refractivity contribution in [1.82, 2.24) is 10.6 Å². The van der Waals surface area contributed by atoms with Crippen LogP contribution in [0, 0.1) is 5.92 Å².